The summed E-state index contributed by atoms with van der Waals surface area (Å²) in [7, 11) is 1.47. The molecule has 0 unspecified atom stereocenters. The van der Waals surface area contributed by atoms with Gasteiger partial charge in [0.15, 0.2) is 0 Å². The third-order valence-corrected chi connectivity index (χ3v) is 2.36. The summed E-state index contributed by atoms with van der Waals surface area (Å²) in [4.78, 5) is 24.2. The van der Waals surface area contributed by atoms with Gasteiger partial charge in [-0.05, 0) is 24.3 Å². The number of aromatic nitrogens is 2. The molecule has 18 heavy (non-hydrogen) atoms. The molecule has 0 aliphatic heterocycles. The number of H-pyrrole nitrogens is 1. The first-order valence-corrected chi connectivity index (χ1v) is 4.93. The zero-order chi connectivity index (χ0) is 13.3. The lowest BCUT2D eigenvalue weighted by Crippen LogP contribution is -2.30. The predicted octanol–water partition coefficient (Wildman–Crippen LogP) is 0.379. The fraction of sp³-hybridized carbons (Fsp3) is 0.0909. The second kappa shape index (κ2) is 4.36. The van der Waals surface area contributed by atoms with Gasteiger partial charge in [0.2, 0.25) is 11.7 Å². The van der Waals surface area contributed by atoms with Gasteiger partial charge in [-0.1, -0.05) is 0 Å². The molecule has 94 valence electrons. The standard InChI is InChI=1S/C11H9FN2O4/c1-18-7-4-2-6(3-5-7)14-10(16)8(12)9(15)13-11(14)17/h2-5,16H,1H3,(H,13,15,17). The van der Waals surface area contributed by atoms with Gasteiger partial charge in [0.05, 0.1) is 12.8 Å². The molecule has 2 rings (SSSR count). The SMILES string of the molecule is COc1ccc(-n2c(O)c(F)c(=O)[nH]c2=O)cc1. The summed E-state index contributed by atoms with van der Waals surface area (Å²) in [6, 6.07) is 5.95. The van der Waals surface area contributed by atoms with Crippen LogP contribution in [0.25, 0.3) is 5.69 Å². The van der Waals surface area contributed by atoms with Crippen LogP contribution in [0.2, 0.25) is 0 Å². The summed E-state index contributed by atoms with van der Waals surface area (Å²) in [5.41, 5.74) is -1.99. The Kier molecular flexibility index (Phi) is 2.88. The summed E-state index contributed by atoms with van der Waals surface area (Å²) < 4.78 is 18.8. The van der Waals surface area contributed by atoms with Crippen LogP contribution >= 0.6 is 0 Å². The van der Waals surface area contributed by atoms with Crippen LogP contribution in [0.4, 0.5) is 4.39 Å². The molecule has 1 heterocycles. The zero-order valence-corrected chi connectivity index (χ0v) is 9.31. The molecule has 0 aliphatic carbocycles. The number of rotatable bonds is 2. The molecule has 0 amide bonds. The van der Waals surface area contributed by atoms with Crippen molar-refractivity contribution in [1.82, 2.24) is 9.55 Å². The van der Waals surface area contributed by atoms with Gasteiger partial charge in [-0.15, -0.1) is 0 Å². The molecule has 6 nitrogen and oxygen atoms in total. The van der Waals surface area contributed by atoms with E-state index in [0.29, 0.717) is 10.3 Å². The van der Waals surface area contributed by atoms with E-state index in [-0.39, 0.29) is 5.69 Å². The highest BCUT2D eigenvalue weighted by Gasteiger charge is 2.14. The van der Waals surface area contributed by atoms with Crippen molar-refractivity contribution in [2.24, 2.45) is 0 Å². The first kappa shape index (κ1) is 11.9. The second-order valence-electron chi connectivity index (χ2n) is 3.43. The maximum Gasteiger partial charge on any atom is 0.335 e. The van der Waals surface area contributed by atoms with Crippen LogP contribution in [0, 0.1) is 5.82 Å². The van der Waals surface area contributed by atoms with Crippen LogP contribution in [-0.4, -0.2) is 21.8 Å². The predicted molar refractivity (Wildman–Crippen MR) is 60.8 cm³/mol. The molecule has 0 fully saturated rings. The van der Waals surface area contributed by atoms with Crippen LogP contribution in [0.15, 0.2) is 33.9 Å². The van der Waals surface area contributed by atoms with Gasteiger partial charge in [-0.2, -0.15) is 4.39 Å². The second-order valence-corrected chi connectivity index (χ2v) is 3.43. The van der Waals surface area contributed by atoms with Crippen LogP contribution in [0.1, 0.15) is 0 Å². The lowest BCUT2D eigenvalue weighted by atomic mass is 10.3. The van der Waals surface area contributed by atoms with E-state index < -0.39 is 22.9 Å². The summed E-state index contributed by atoms with van der Waals surface area (Å²) in [6.07, 6.45) is 0. The third kappa shape index (κ3) is 1.86. The minimum absolute atomic E-state index is 0.202. The maximum absolute atomic E-state index is 13.2. The number of hydrogen-bond donors (Lipinski definition) is 2. The molecule has 0 saturated heterocycles. The summed E-state index contributed by atoms with van der Waals surface area (Å²) >= 11 is 0. The maximum atomic E-state index is 13.2. The van der Waals surface area contributed by atoms with Gasteiger partial charge < -0.3 is 9.84 Å². The fourth-order valence-electron chi connectivity index (χ4n) is 1.47. The van der Waals surface area contributed by atoms with Crippen LogP contribution in [-0.2, 0) is 0 Å². The number of ether oxygens (including phenoxy) is 1. The molecule has 2 N–H and O–H groups in total. The van der Waals surface area contributed by atoms with Crippen LogP contribution in [0.3, 0.4) is 0 Å². The van der Waals surface area contributed by atoms with Crippen molar-refractivity contribution in [3.63, 3.8) is 0 Å². The zero-order valence-electron chi connectivity index (χ0n) is 9.31. The highest BCUT2D eigenvalue weighted by atomic mass is 19.1. The van der Waals surface area contributed by atoms with E-state index in [1.54, 1.807) is 4.98 Å². The van der Waals surface area contributed by atoms with Crippen molar-refractivity contribution in [1.29, 1.82) is 0 Å². The van der Waals surface area contributed by atoms with Gasteiger partial charge in [-0.3, -0.25) is 9.78 Å². The monoisotopic (exact) mass is 252 g/mol. The lowest BCUT2D eigenvalue weighted by Gasteiger charge is -2.08. The Balaban J connectivity index is 2.67. The minimum atomic E-state index is -1.41. The third-order valence-electron chi connectivity index (χ3n) is 2.36. The molecular weight excluding hydrogens is 243 g/mol. The Bertz CT molecular complexity index is 688. The van der Waals surface area contributed by atoms with Gasteiger partial charge >= 0.3 is 5.69 Å². The van der Waals surface area contributed by atoms with Crippen molar-refractivity contribution in [2.45, 2.75) is 0 Å². The summed E-state index contributed by atoms with van der Waals surface area (Å²) in [6.45, 7) is 0. The Morgan fingerprint density at radius 2 is 1.89 bits per heavy atom. The minimum Gasteiger partial charge on any atom is -0.497 e. The van der Waals surface area contributed by atoms with E-state index in [1.165, 1.54) is 31.4 Å². The lowest BCUT2D eigenvalue weighted by molar-refractivity contribution is 0.385. The Morgan fingerprint density at radius 3 is 2.44 bits per heavy atom. The number of aromatic amines is 1. The Hall–Kier alpha value is -2.57. The molecule has 0 bridgehead atoms. The number of aromatic hydroxyl groups is 1. The van der Waals surface area contributed by atoms with Gasteiger partial charge in [0, 0.05) is 0 Å². The van der Waals surface area contributed by atoms with Crippen molar-refractivity contribution >= 4 is 0 Å². The highest BCUT2D eigenvalue weighted by molar-refractivity contribution is 5.39. The molecule has 2 aromatic rings. The molecule has 1 aromatic carbocycles. The van der Waals surface area contributed by atoms with Crippen molar-refractivity contribution in [3.8, 4) is 17.3 Å². The number of benzene rings is 1. The molecule has 1 aromatic heterocycles. The average Bonchev–Trinajstić information content (AvgIpc) is 2.37. The molecule has 7 heteroatoms. The number of hydrogen-bond acceptors (Lipinski definition) is 4. The van der Waals surface area contributed by atoms with E-state index in [0.717, 1.165) is 0 Å². The molecule has 0 atom stereocenters. The smallest absolute Gasteiger partial charge is 0.335 e. The number of nitrogens with zero attached hydrogens (tertiary/aromatic N) is 1. The van der Waals surface area contributed by atoms with Crippen molar-refractivity contribution < 1.29 is 14.2 Å². The molecule has 0 aliphatic rings. The first-order chi connectivity index (χ1) is 8.54. The van der Waals surface area contributed by atoms with Crippen LogP contribution < -0.4 is 16.0 Å². The van der Waals surface area contributed by atoms with E-state index in [1.807, 2.05) is 0 Å². The van der Waals surface area contributed by atoms with Gasteiger partial charge in [0.1, 0.15) is 5.75 Å². The number of halogens is 1. The van der Waals surface area contributed by atoms with E-state index in [2.05, 4.69) is 0 Å². The van der Waals surface area contributed by atoms with Crippen LogP contribution in [0.5, 0.6) is 11.6 Å². The van der Waals surface area contributed by atoms with Crippen molar-refractivity contribution in [2.75, 3.05) is 7.11 Å². The molecular formula is C11H9FN2O4. The summed E-state index contributed by atoms with van der Waals surface area (Å²) in [5.74, 6) is -1.91. The topological polar surface area (TPSA) is 84.3 Å². The van der Waals surface area contributed by atoms with E-state index in [9.17, 15) is 19.1 Å². The van der Waals surface area contributed by atoms with E-state index in [4.69, 9.17) is 4.74 Å². The average molecular weight is 252 g/mol. The van der Waals surface area contributed by atoms with Gasteiger partial charge in [0.25, 0.3) is 5.56 Å². The van der Waals surface area contributed by atoms with Crippen molar-refractivity contribution in [3.05, 3.63) is 50.9 Å². The number of methoxy groups -OCH3 is 1. The fourth-order valence-corrected chi connectivity index (χ4v) is 1.47. The first-order valence-electron chi connectivity index (χ1n) is 4.93. The quantitative estimate of drug-likeness (QED) is 0.809. The normalized spacial score (nSPS) is 10.3. The van der Waals surface area contributed by atoms with E-state index >= 15 is 0 Å². The Morgan fingerprint density at radius 1 is 1.28 bits per heavy atom. The van der Waals surface area contributed by atoms with Gasteiger partial charge in [-0.25, -0.2) is 9.36 Å². The highest BCUT2D eigenvalue weighted by Crippen LogP contribution is 2.18. The molecule has 0 spiro atoms. The molecule has 0 saturated carbocycles. The molecule has 0 radical (unpaired) electrons. The Labute approximate surface area is 99.9 Å². The summed E-state index contributed by atoms with van der Waals surface area (Å²) in [5, 5.41) is 9.48. The largest absolute Gasteiger partial charge is 0.497 e. The number of nitrogens with one attached hydrogen (secondary N) is 1.